The van der Waals surface area contributed by atoms with Crippen LogP contribution in [-0.2, 0) is 13.0 Å². The van der Waals surface area contributed by atoms with E-state index >= 15 is 0 Å². The number of halogens is 1. The summed E-state index contributed by atoms with van der Waals surface area (Å²) in [6, 6.07) is 8.22. The second kappa shape index (κ2) is 7.12. The van der Waals surface area contributed by atoms with Gasteiger partial charge in [-0.2, -0.15) is 0 Å². The van der Waals surface area contributed by atoms with Gasteiger partial charge in [0.05, 0.1) is 10.4 Å². The number of aromatic nitrogens is 2. The number of nitrogens with zero attached hydrogens (tertiary/aromatic N) is 2. The third kappa shape index (κ3) is 3.99. The van der Waals surface area contributed by atoms with Crippen LogP contribution in [0.2, 0.25) is 5.02 Å². The maximum atomic E-state index is 6.29. The Balaban J connectivity index is 1.62. The Bertz CT molecular complexity index is 565. The van der Waals surface area contributed by atoms with Crippen molar-refractivity contribution in [1.82, 2.24) is 9.55 Å². The first-order chi connectivity index (χ1) is 10.3. The van der Waals surface area contributed by atoms with Gasteiger partial charge in [0, 0.05) is 35.5 Å². The predicted octanol–water partition coefficient (Wildman–Crippen LogP) is 4.74. The highest BCUT2D eigenvalue weighted by atomic mass is 35.5. The van der Waals surface area contributed by atoms with Gasteiger partial charge in [-0.25, -0.2) is 4.98 Å². The molecule has 112 valence electrons. The van der Waals surface area contributed by atoms with E-state index in [1.165, 1.54) is 29.9 Å². The first kappa shape index (κ1) is 15.3. The van der Waals surface area contributed by atoms with Crippen LogP contribution in [0.3, 0.4) is 0 Å². The van der Waals surface area contributed by atoms with Gasteiger partial charge in [-0.3, -0.25) is 0 Å². The third-order valence-electron chi connectivity index (χ3n) is 3.86. The molecule has 1 aliphatic heterocycles. The number of aryl methyl sites for hydroxylation is 2. The van der Waals surface area contributed by atoms with Gasteiger partial charge in [0.1, 0.15) is 0 Å². The molecule has 0 atom stereocenters. The van der Waals surface area contributed by atoms with Gasteiger partial charge < -0.3 is 4.57 Å². The zero-order valence-corrected chi connectivity index (χ0v) is 14.3. The molecule has 0 aliphatic carbocycles. The number of hydrogen-bond donors (Lipinski definition) is 0. The lowest BCUT2D eigenvalue weighted by Crippen LogP contribution is -2.20. The molecule has 0 amide bonds. The van der Waals surface area contributed by atoms with Crippen molar-refractivity contribution in [2.24, 2.45) is 0 Å². The van der Waals surface area contributed by atoms with Crippen LogP contribution in [0.5, 0.6) is 0 Å². The quantitative estimate of drug-likeness (QED) is 0.758. The maximum Gasteiger partial charge on any atom is 0.0945 e. The van der Waals surface area contributed by atoms with Gasteiger partial charge in [0.15, 0.2) is 0 Å². The van der Waals surface area contributed by atoms with E-state index in [4.69, 9.17) is 11.6 Å². The first-order valence-corrected chi connectivity index (χ1v) is 9.59. The molecule has 1 aliphatic rings. The summed E-state index contributed by atoms with van der Waals surface area (Å²) >= 11 is 10.5. The lowest BCUT2D eigenvalue weighted by Gasteiger charge is -2.27. The van der Waals surface area contributed by atoms with Crippen molar-refractivity contribution in [1.29, 1.82) is 0 Å². The Hall–Kier alpha value is -0.580. The summed E-state index contributed by atoms with van der Waals surface area (Å²) in [4.78, 5) is 4.13. The minimum Gasteiger partial charge on any atom is -0.337 e. The molecule has 1 saturated heterocycles. The fraction of sp³-hybridized carbons (Fsp3) is 0.438. The molecule has 0 N–H and O–H groups in total. The van der Waals surface area contributed by atoms with E-state index in [1.54, 1.807) is 0 Å². The Labute approximate surface area is 139 Å². The molecular weight excluding hydrogens is 320 g/mol. The summed E-state index contributed by atoms with van der Waals surface area (Å²) < 4.78 is 2.51. The molecule has 1 fully saturated rings. The average Bonchev–Trinajstić information content (AvgIpc) is 3.17. The highest BCUT2D eigenvalue weighted by Crippen LogP contribution is 2.49. The highest BCUT2D eigenvalue weighted by Gasteiger charge is 2.34. The second-order valence-corrected chi connectivity index (χ2v) is 8.87. The molecule has 5 heteroatoms. The van der Waals surface area contributed by atoms with Crippen LogP contribution >= 0.6 is 35.1 Å². The first-order valence-electron chi connectivity index (χ1n) is 7.24. The average molecular weight is 339 g/mol. The van der Waals surface area contributed by atoms with Crippen LogP contribution in [-0.4, -0.2) is 25.1 Å². The molecule has 21 heavy (non-hydrogen) atoms. The Morgan fingerprint density at radius 2 is 2.00 bits per heavy atom. The number of rotatable bonds is 6. The molecule has 0 unspecified atom stereocenters. The van der Waals surface area contributed by atoms with Gasteiger partial charge in [-0.1, -0.05) is 29.8 Å². The molecule has 0 bridgehead atoms. The molecule has 0 spiro atoms. The zero-order valence-electron chi connectivity index (χ0n) is 11.9. The standard InChI is InChI=1S/C16H19ClN2S2/c17-15-4-2-1-3-14(15)5-6-16(20-11-12-21-16)7-9-19-10-8-18-13-19/h1-4,8,10,13H,5-7,9,11-12H2. The largest absolute Gasteiger partial charge is 0.337 e. The van der Waals surface area contributed by atoms with Gasteiger partial charge >= 0.3 is 0 Å². The van der Waals surface area contributed by atoms with Crippen LogP contribution in [0.4, 0.5) is 0 Å². The van der Waals surface area contributed by atoms with Crippen molar-refractivity contribution in [2.75, 3.05) is 11.5 Å². The van der Waals surface area contributed by atoms with Crippen molar-refractivity contribution in [3.8, 4) is 0 Å². The number of thioether (sulfide) groups is 2. The summed E-state index contributed by atoms with van der Waals surface area (Å²) in [5.74, 6) is 2.52. The molecule has 0 radical (unpaired) electrons. The molecule has 2 heterocycles. The van der Waals surface area contributed by atoms with E-state index in [9.17, 15) is 0 Å². The van der Waals surface area contributed by atoms with Crippen LogP contribution in [0.1, 0.15) is 18.4 Å². The van der Waals surface area contributed by atoms with Gasteiger partial charge in [0.2, 0.25) is 0 Å². The van der Waals surface area contributed by atoms with E-state index in [1.807, 2.05) is 30.9 Å². The Morgan fingerprint density at radius 3 is 2.71 bits per heavy atom. The van der Waals surface area contributed by atoms with Crippen molar-refractivity contribution < 1.29 is 0 Å². The molecule has 2 aromatic rings. The second-order valence-electron chi connectivity index (χ2n) is 5.25. The molecular formula is C16H19ClN2S2. The van der Waals surface area contributed by atoms with Crippen LogP contribution in [0.25, 0.3) is 0 Å². The molecule has 3 rings (SSSR count). The highest BCUT2D eigenvalue weighted by molar-refractivity contribution is 8.21. The number of benzene rings is 1. The fourth-order valence-corrected chi connectivity index (χ4v) is 6.09. The molecule has 0 saturated carbocycles. The predicted molar refractivity (Wildman–Crippen MR) is 94.3 cm³/mol. The summed E-state index contributed by atoms with van der Waals surface area (Å²) in [6.07, 6.45) is 9.23. The Kier molecular flexibility index (Phi) is 5.19. The van der Waals surface area contributed by atoms with E-state index in [0.717, 1.165) is 18.0 Å². The summed E-state index contributed by atoms with van der Waals surface area (Å²) in [6.45, 7) is 1.04. The van der Waals surface area contributed by atoms with Crippen LogP contribution in [0, 0.1) is 0 Å². The minimum absolute atomic E-state index is 0.337. The normalized spacial score (nSPS) is 17.2. The smallest absolute Gasteiger partial charge is 0.0945 e. The van der Waals surface area contributed by atoms with Crippen LogP contribution in [0.15, 0.2) is 43.0 Å². The summed E-state index contributed by atoms with van der Waals surface area (Å²) in [5.41, 5.74) is 1.27. The van der Waals surface area contributed by atoms with Crippen molar-refractivity contribution >= 4 is 35.1 Å². The zero-order chi connectivity index (χ0) is 14.5. The van der Waals surface area contributed by atoms with E-state index in [0.29, 0.717) is 4.08 Å². The van der Waals surface area contributed by atoms with Gasteiger partial charge in [-0.05, 0) is 30.9 Å². The number of hydrogen-bond acceptors (Lipinski definition) is 3. The summed E-state index contributed by atoms with van der Waals surface area (Å²) in [5, 5.41) is 0.898. The Morgan fingerprint density at radius 1 is 1.19 bits per heavy atom. The van der Waals surface area contributed by atoms with Gasteiger partial charge in [0.25, 0.3) is 0 Å². The molecule has 2 nitrogen and oxygen atoms in total. The minimum atomic E-state index is 0.337. The van der Waals surface area contributed by atoms with Crippen molar-refractivity contribution in [3.05, 3.63) is 53.6 Å². The van der Waals surface area contributed by atoms with E-state index in [2.05, 4.69) is 45.2 Å². The van der Waals surface area contributed by atoms with Crippen molar-refractivity contribution in [3.63, 3.8) is 0 Å². The van der Waals surface area contributed by atoms with E-state index < -0.39 is 0 Å². The van der Waals surface area contributed by atoms with Crippen molar-refractivity contribution in [2.45, 2.75) is 29.9 Å². The molecule has 1 aromatic heterocycles. The maximum absolute atomic E-state index is 6.29. The lowest BCUT2D eigenvalue weighted by molar-refractivity contribution is 0.574. The fourth-order valence-electron chi connectivity index (χ4n) is 2.66. The SMILES string of the molecule is Clc1ccccc1CCC1(CCn2ccnc2)SCCS1. The monoisotopic (exact) mass is 338 g/mol. The van der Waals surface area contributed by atoms with E-state index in [-0.39, 0.29) is 0 Å². The van der Waals surface area contributed by atoms with Gasteiger partial charge in [-0.15, -0.1) is 23.5 Å². The number of imidazole rings is 1. The topological polar surface area (TPSA) is 17.8 Å². The lowest BCUT2D eigenvalue weighted by atomic mass is 10.1. The van der Waals surface area contributed by atoms with Crippen LogP contribution < -0.4 is 0 Å². The molecule has 1 aromatic carbocycles. The third-order valence-corrected chi connectivity index (χ3v) is 7.88. The summed E-state index contributed by atoms with van der Waals surface area (Å²) in [7, 11) is 0.